The van der Waals surface area contributed by atoms with Crippen molar-refractivity contribution in [3.63, 3.8) is 0 Å². The molecule has 1 fully saturated rings. The molecule has 1 aliphatic heterocycles. The second-order valence-electron chi connectivity index (χ2n) is 6.28. The molecule has 1 saturated heterocycles. The first-order chi connectivity index (χ1) is 13.3. The maximum atomic E-state index is 12.4. The van der Waals surface area contributed by atoms with Gasteiger partial charge in [-0.15, -0.1) is 5.10 Å². The number of carbonyl (C=O) groups excluding carboxylic acids is 1. The minimum absolute atomic E-state index is 0.144. The largest absolute Gasteiger partial charge is 0.368 e. The normalized spacial score (nSPS) is 14.1. The van der Waals surface area contributed by atoms with Crippen LogP contribution in [0.1, 0.15) is 0 Å². The third-order valence-corrected chi connectivity index (χ3v) is 4.55. The Kier molecular flexibility index (Phi) is 4.91. The fraction of sp³-hybridized carbons (Fsp3) is 0.200. The molecule has 0 spiro atoms. The van der Waals surface area contributed by atoms with Gasteiger partial charge in [-0.05, 0) is 24.3 Å². The standard InChI is InChI=1S/C20H20N6O/c27-20(23-19-7-4-9-22-24-19)26-13-11-25(12-14-26)17-8-10-21-18(15-17)16-5-2-1-3-6-16/h1-10,15H,11-14H2,(H,23,24,27). The Labute approximate surface area is 157 Å². The molecule has 3 aromatic rings. The summed E-state index contributed by atoms with van der Waals surface area (Å²) in [5, 5.41) is 10.4. The molecule has 4 rings (SSSR count). The van der Waals surface area contributed by atoms with Crippen LogP contribution in [0, 0.1) is 0 Å². The third kappa shape index (κ3) is 4.03. The molecule has 0 radical (unpaired) electrons. The van der Waals surface area contributed by atoms with Gasteiger partial charge in [-0.2, -0.15) is 5.10 Å². The van der Waals surface area contributed by atoms with E-state index in [1.165, 1.54) is 0 Å². The monoisotopic (exact) mass is 360 g/mol. The van der Waals surface area contributed by atoms with Gasteiger partial charge < -0.3 is 9.80 Å². The van der Waals surface area contributed by atoms with Crippen molar-refractivity contribution < 1.29 is 4.79 Å². The molecule has 1 aliphatic rings. The highest BCUT2D eigenvalue weighted by Gasteiger charge is 2.22. The fourth-order valence-corrected chi connectivity index (χ4v) is 3.11. The van der Waals surface area contributed by atoms with Gasteiger partial charge in [0.05, 0.1) is 5.69 Å². The lowest BCUT2D eigenvalue weighted by Gasteiger charge is -2.36. The zero-order valence-corrected chi connectivity index (χ0v) is 14.8. The smallest absolute Gasteiger partial charge is 0.323 e. The first-order valence-electron chi connectivity index (χ1n) is 8.90. The minimum Gasteiger partial charge on any atom is -0.368 e. The molecule has 0 atom stereocenters. The van der Waals surface area contributed by atoms with Crippen molar-refractivity contribution in [3.05, 3.63) is 67.0 Å². The van der Waals surface area contributed by atoms with E-state index in [4.69, 9.17) is 0 Å². The highest BCUT2D eigenvalue weighted by atomic mass is 16.2. The molecule has 0 aliphatic carbocycles. The summed E-state index contributed by atoms with van der Waals surface area (Å²) >= 11 is 0. The molecule has 1 N–H and O–H groups in total. The van der Waals surface area contributed by atoms with E-state index in [0.29, 0.717) is 18.9 Å². The van der Waals surface area contributed by atoms with Crippen molar-refractivity contribution in [2.75, 3.05) is 36.4 Å². The molecule has 3 heterocycles. The molecule has 0 unspecified atom stereocenters. The maximum Gasteiger partial charge on any atom is 0.323 e. The van der Waals surface area contributed by atoms with Gasteiger partial charge in [0.1, 0.15) is 0 Å². The first kappa shape index (κ1) is 17.0. The Hall–Kier alpha value is -3.48. The summed E-state index contributed by atoms with van der Waals surface area (Å²) in [5.41, 5.74) is 3.18. The van der Waals surface area contributed by atoms with Crippen molar-refractivity contribution in [1.29, 1.82) is 0 Å². The van der Waals surface area contributed by atoms with Crippen LogP contribution in [0.2, 0.25) is 0 Å². The van der Waals surface area contributed by atoms with Gasteiger partial charge in [0.25, 0.3) is 0 Å². The van der Waals surface area contributed by atoms with E-state index in [0.717, 1.165) is 30.0 Å². The molecular formula is C20H20N6O. The molecule has 2 aromatic heterocycles. The molecular weight excluding hydrogens is 340 g/mol. The van der Waals surface area contributed by atoms with Crippen LogP contribution < -0.4 is 10.2 Å². The molecule has 7 heteroatoms. The SMILES string of the molecule is O=C(Nc1cccnn1)N1CCN(c2ccnc(-c3ccccc3)c2)CC1. The number of pyridine rings is 1. The van der Waals surface area contributed by atoms with Gasteiger partial charge in [0, 0.05) is 49.8 Å². The number of hydrogen-bond donors (Lipinski definition) is 1. The van der Waals surface area contributed by atoms with Crippen molar-refractivity contribution in [2.24, 2.45) is 0 Å². The Bertz CT molecular complexity index is 895. The molecule has 2 amide bonds. The van der Waals surface area contributed by atoms with Crippen molar-refractivity contribution in [1.82, 2.24) is 20.1 Å². The first-order valence-corrected chi connectivity index (χ1v) is 8.90. The molecule has 0 saturated carbocycles. The number of piperazine rings is 1. The number of rotatable bonds is 3. The lowest BCUT2D eigenvalue weighted by molar-refractivity contribution is 0.208. The Morgan fingerprint density at radius 1 is 0.926 bits per heavy atom. The lowest BCUT2D eigenvalue weighted by atomic mass is 10.1. The Balaban J connectivity index is 1.39. The predicted octanol–water partition coefficient (Wildman–Crippen LogP) is 2.89. The fourth-order valence-electron chi connectivity index (χ4n) is 3.11. The molecule has 136 valence electrons. The number of nitrogens with zero attached hydrogens (tertiary/aromatic N) is 5. The van der Waals surface area contributed by atoms with Gasteiger partial charge in [-0.1, -0.05) is 30.3 Å². The van der Waals surface area contributed by atoms with Gasteiger partial charge in [-0.25, -0.2) is 4.79 Å². The van der Waals surface area contributed by atoms with Crippen LogP contribution in [0.3, 0.4) is 0 Å². The molecule has 7 nitrogen and oxygen atoms in total. The number of anilines is 2. The van der Waals surface area contributed by atoms with Crippen LogP contribution in [-0.4, -0.2) is 52.3 Å². The van der Waals surface area contributed by atoms with E-state index >= 15 is 0 Å². The van der Waals surface area contributed by atoms with Gasteiger partial charge in [-0.3, -0.25) is 10.3 Å². The summed E-state index contributed by atoms with van der Waals surface area (Å²) in [6.45, 7) is 2.84. The second kappa shape index (κ2) is 7.82. The highest BCUT2D eigenvalue weighted by molar-refractivity contribution is 5.88. The van der Waals surface area contributed by atoms with Crippen LogP contribution in [-0.2, 0) is 0 Å². The lowest BCUT2D eigenvalue weighted by Crippen LogP contribution is -2.50. The van der Waals surface area contributed by atoms with Crippen LogP contribution >= 0.6 is 0 Å². The molecule has 27 heavy (non-hydrogen) atoms. The summed E-state index contributed by atoms with van der Waals surface area (Å²) in [5.74, 6) is 0.464. The van der Waals surface area contributed by atoms with E-state index in [-0.39, 0.29) is 6.03 Å². The zero-order valence-electron chi connectivity index (χ0n) is 14.8. The third-order valence-electron chi connectivity index (χ3n) is 4.55. The van der Waals surface area contributed by atoms with E-state index in [2.05, 4.69) is 43.6 Å². The zero-order chi connectivity index (χ0) is 18.5. The Morgan fingerprint density at radius 2 is 1.74 bits per heavy atom. The Morgan fingerprint density at radius 3 is 2.48 bits per heavy atom. The van der Waals surface area contributed by atoms with E-state index in [1.54, 1.807) is 23.2 Å². The van der Waals surface area contributed by atoms with Crippen LogP contribution in [0.4, 0.5) is 16.3 Å². The predicted molar refractivity (Wildman–Crippen MR) is 105 cm³/mol. The van der Waals surface area contributed by atoms with Gasteiger partial charge in [0.2, 0.25) is 0 Å². The summed E-state index contributed by atoms with van der Waals surface area (Å²) < 4.78 is 0. The quantitative estimate of drug-likeness (QED) is 0.777. The minimum atomic E-state index is -0.144. The van der Waals surface area contributed by atoms with Crippen molar-refractivity contribution in [3.8, 4) is 11.3 Å². The summed E-state index contributed by atoms with van der Waals surface area (Å²) in [6.07, 6.45) is 3.41. The average molecular weight is 360 g/mol. The van der Waals surface area contributed by atoms with Gasteiger partial charge >= 0.3 is 6.03 Å². The van der Waals surface area contributed by atoms with E-state index in [9.17, 15) is 4.79 Å². The molecule has 0 bridgehead atoms. The number of urea groups is 1. The summed E-state index contributed by atoms with van der Waals surface area (Å²) in [7, 11) is 0. The summed E-state index contributed by atoms with van der Waals surface area (Å²) in [4.78, 5) is 20.9. The van der Waals surface area contributed by atoms with Crippen molar-refractivity contribution >= 4 is 17.5 Å². The number of amides is 2. The van der Waals surface area contributed by atoms with Crippen LogP contribution in [0.25, 0.3) is 11.3 Å². The second-order valence-corrected chi connectivity index (χ2v) is 6.28. The highest BCUT2D eigenvalue weighted by Crippen LogP contribution is 2.23. The number of aromatic nitrogens is 3. The van der Waals surface area contributed by atoms with E-state index < -0.39 is 0 Å². The van der Waals surface area contributed by atoms with Crippen LogP contribution in [0.5, 0.6) is 0 Å². The van der Waals surface area contributed by atoms with Crippen LogP contribution in [0.15, 0.2) is 67.0 Å². The number of hydrogen-bond acceptors (Lipinski definition) is 5. The summed E-state index contributed by atoms with van der Waals surface area (Å²) in [6, 6.07) is 17.6. The average Bonchev–Trinajstić information content (AvgIpc) is 2.75. The number of carbonyl (C=O) groups is 1. The van der Waals surface area contributed by atoms with Crippen molar-refractivity contribution in [2.45, 2.75) is 0 Å². The topological polar surface area (TPSA) is 74.2 Å². The molecule has 1 aromatic carbocycles. The maximum absolute atomic E-state index is 12.4. The number of benzene rings is 1. The van der Waals surface area contributed by atoms with E-state index in [1.807, 2.05) is 30.5 Å². The van der Waals surface area contributed by atoms with Gasteiger partial charge in [0.15, 0.2) is 5.82 Å². The number of nitrogens with one attached hydrogen (secondary N) is 1.